The molecule has 4 rings (SSSR count). The highest BCUT2D eigenvalue weighted by Gasteiger charge is 2.36. The number of nitrogens with zero attached hydrogens (tertiary/aromatic N) is 2. The second-order valence-corrected chi connectivity index (χ2v) is 10.3. The zero-order chi connectivity index (χ0) is 28.2. The van der Waals surface area contributed by atoms with E-state index in [9.17, 15) is 32.8 Å². The normalized spacial score (nSPS) is 14.4. The Morgan fingerprint density at radius 2 is 1.87 bits per heavy atom. The molecule has 0 bridgehead atoms. The highest BCUT2D eigenvalue weighted by atomic mass is 127. The number of carbonyl (C=O) groups is 3. The Bertz CT molecular complexity index is 1540. The van der Waals surface area contributed by atoms with Gasteiger partial charge in [0.05, 0.1) is 25.7 Å². The highest BCUT2D eigenvalue weighted by molar-refractivity contribution is 14.1. The number of anilines is 1. The van der Waals surface area contributed by atoms with Gasteiger partial charge < -0.3 is 10.1 Å². The first-order valence-electron chi connectivity index (χ1n) is 11.2. The van der Waals surface area contributed by atoms with Crippen LogP contribution in [0.15, 0.2) is 71.6 Å². The van der Waals surface area contributed by atoms with Crippen molar-refractivity contribution in [2.45, 2.75) is 12.8 Å². The standard InChI is InChI=1S/C27H17F3IN3O4S/c28-27(29,30)19-6-3-7-20(12-19)33-24(35)14-34-25(36)23(39-26(34)37)11-16-8-9-22(21(31)10-16)38-15-18-5-2-1-4-17(18)13-32/h1-12H,14-15H2,(H,33,35)/b23-11-. The predicted octanol–water partition coefficient (Wildman–Crippen LogP) is 6.44. The number of nitrogens with one attached hydrogen (secondary N) is 1. The molecular formula is C27H17F3IN3O4S. The molecule has 7 nitrogen and oxygen atoms in total. The van der Waals surface area contributed by atoms with Crippen molar-refractivity contribution < 1.29 is 32.3 Å². The quantitative estimate of drug-likeness (QED) is 0.231. The molecule has 198 valence electrons. The van der Waals surface area contributed by atoms with Gasteiger partial charge in [-0.3, -0.25) is 19.3 Å². The molecule has 0 aromatic heterocycles. The van der Waals surface area contributed by atoms with Gasteiger partial charge in [-0.2, -0.15) is 18.4 Å². The number of nitriles is 1. The van der Waals surface area contributed by atoms with E-state index in [1.807, 2.05) is 6.07 Å². The van der Waals surface area contributed by atoms with Crippen molar-refractivity contribution in [1.82, 2.24) is 4.90 Å². The number of ether oxygens (including phenoxy) is 1. The third-order valence-corrected chi connectivity index (χ3v) is 7.17. The van der Waals surface area contributed by atoms with Crippen molar-refractivity contribution in [2.24, 2.45) is 0 Å². The Morgan fingerprint density at radius 1 is 1.10 bits per heavy atom. The Morgan fingerprint density at radius 3 is 2.59 bits per heavy atom. The van der Waals surface area contributed by atoms with E-state index in [0.29, 0.717) is 28.6 Å². The van der Waals surface area contributed by atoms with Crippen molar-refractivity contribution >= 4 is 63.2 Å². The van der Waals surface area contributed by atoms with Crippen LogP contribution in [0.4, 0.5) is 23.7 Å². The van der Waals surface area contributed by atoms with Gasteiger partial charge in [0.1, 0.15) is 18.9 Å². The molecule has 39 heavy (non-hydrogen) atoms. The van der Waals surface area contributed by atoms with Gasteiger partial charge in [-0.15, -0.1) is 0 Å². The number of rotatable bonds is 7. The summed E-state index contributed by atoms with van der Waals surface area (Å²) >= 11 is 2.73. The fourth-order valence-electron chi connectivity index (χ4n) is 3.54. The number of imide groups is 1. The lowest BCUT2D eigenvalue weighted by Crippen LogP contribution is -2.36. The number of thioether (sulfide) groups is 1. The largest absolute Gasteiger partial charge is 0.488 e. The van der Waals surface area contributed by atoms with Gasteiger partial charge >= 0.3 is 6.18 Å². The average Bonchev–Trinajstić information content (AvgIpc) is 3.15. The summed E-state index contributed by atoms with van der Waals surface area (Å²) in [7, 11) is 0. The minimum Gasteiger partial charge on any atom is -0.488 e. The van der Waals surface area contributed by atoms with Crippen molar-refractivity contribution in [3.63, 3.8) is 0 Å². The van der Waals surface area contributed by atoms with Crippen LogP contribution in [0.1, 0.15) is 22.3 Å². The number of hydrogen-bond donors (Lipinski definition) is 1. The Kier molecular flexibility index (Phi) is 8.61. The highest BCUT2D eigenvalue weighted by Crippen LogP contribution is 2.34. The molecule has 0 unspecified atom stereocenters. The molecule has 0 saturated carbocycles. The summed E-state index contributed by atoms with van der Waals surface area (Å²) in [6.07, 6.45) is -3.07. The van der Waals surface area contributed by atoms with Crippen LogP contribution in [0, 0.1) is 14.9 Å². The summed E-state index contributed by atoms with van der Waals surface area (Å²) in [5.41, 5.74) is 0.829. The molecule has 3 amide bonds. The van der Waals surface area contributed by atoms with Gasteiger partial charge in [0, 0.05) is 11.3 Å². The maximum absolute atomic E-state index is 12.9. The molecule has 0 atom stereocenters. The molecule has 12 heteroatoms. The van der Waals surface area contributed by atoms with Crippen molar-refractivity contribution in [2.75, 3.05) is 11.9 Å². The summed E-state index contributed by atoms with van der Waals surface area (Å²) in [5.74, 6) is -0.931. The second-order valence-electron chi connectivity index (χ2n) is 8.14. The molecule has 1 N–H and O–H groups in total. The van der Waals surface area contributed by atoms with Crippen LogP contribution >= 0.6 is 34.4 Å². The minimum absolute atomic E-state index is 0.0966. The molecule has 1 aliphatic rings. The fraction of sp³-hybridized carbons (Fsp3) is 0.111. The molecule has 1 aliphatic heterocycles. The van der Waals surface area contributed by atoms with Crippen LogP contribution in [-0.4, -0.2) is 28.5 Å². The molecule has 3 aromatic carbocycles. The van der Waals surface area contributed by atoms with E-state index in [2.05, 4.69) is 34.0 Å². The molecule has 1 saturated heterocycles. The number of alkyl halides is 3. The van der Waals surface area contributed by atoms with Gasteiger partial charge in [-0.25, -0.2) is 0 Å². The van der Waals surface area contributed by atoms with E-state index in [1.165, 1.54) is 12.1 Å². The smallest absolute Gasteiger partial charge is 0.416 e. The number of carbonyl (C=O) groups excluding carboxylic acids is 3. The summed E-state index contributed by atoms with van der Waals surface area (Å²) in [6.45, 7) is -0.451. The molecule has 3 aromatic rings. The Hall–Kier alpha value is -3.83. The van der Waals surface area contributed by atoms with E-state index in [4.69, 9.17) is 4.74 Å². The first-order chi connectivity index (χ1) is 18.5. The van der Waals surface area contributed by atoms with Crippen molar-refractivity contribution in [3.05, 3.63) is 97.5 Å². The topological polar surface area (TPSA) is 99.5 Å². The monoisotopic (exact) mass is 663 g/mol. The number of hydrogen-bond acceptors (Lipinski definition) is 6. The molecule has 0 spiro atoms. The summed E-state index contributed by atoms with van der Waals surface area (Å²) in [5, 5.41) is 10.8. The Labute approximate surface area is 238 Å². The number of benzene rings is 3. The van der Waals surface area contributed by atoms with Crippen LogP contribution in [0.2, 0.25) is 0 Å². The third-order valence-electron chi connectivity index (χ3n) is 5.42. The molecular weight excluding hydrogens is 646 g/mol. The van der Waals surface area contributed by atoms with E-state index in [1.54, 1.807) is 36.4 Å². The predicted molar refractivity (Wildman–Crippen MR) is 147 cm³/mol. The van der Waals surface area contributed by atoms with Crippen molar-refractivity contribution in [3.8, 4) is 11.8 Å². The maximum atomic E-state index is 12.9. The SMILES string of the molecule is N#Cc1ccccc1COc1ccc(/C=C2\SC(=O)N(CC(=O)Nc3cccc(C(F)(F)F)c3)C2=O)cc1I. The van der Waals surface area contributed by atoms with Gasteiger partial charge in [0.25, 0.3) is 11.1 Å². The van der Waals surface area contributed by atoms with Gasteiger partial charge in [0.2, 0.25) is 5.91 Å². The molecule has 1 heterocycles. The van der Waals surface area contributed by atoms with Crippen LogP contribution in [-0.2, 0) is 22.4 Å². The molecule has 0 radical (unpaired) electrons. The summed E-state index contributed by atoms with van der Waals surface area (Å²) < 4.78 is 45.3. The molecule has 1 fully saturated rings. The first-order valence-corrected chi connectivity index (χ1v) is 13.1. The average molecular weight is 663 g/mol. The van der Waals surface area contributed by atoms with E-state index in [0.717, 1.165) is 32.2 Å². The minimum atomic E-state index is -4.58. The van der Waals surface area contributed by atoms with E-state index in [-0.39, 0.29) is 17.2 Å². The van der Waals surface area contributed by atoms with E-state index < -0.39 is 35.3 Å². The summed E-state index contributed by atoms with van der Waals surface area (Å²) in [4.78, 5) is 38.4. The van der Waals surface area contributed by atoms with Gasteiger partial charge in [0.15, 0.2) is 0 Å². The van der Waals surface area contributed by atoms with Gasteiger partial charge in [-0.05, 0) is 82.4 Å². The Balaban J connectivity index is 1.40. The molecule has 0 aliphatic carbocycles. The van der Waals surface area contributed by atoms with Crippen molar-refractivity contribution in [1.29, 1.82) is 5.26 Å². The lowest BCUT2D eigenvalue weighted by atomic mass is 10.1. The van der Waals surface area contributed by atoms with E-state index >= 15 is 0 Å². The third kappa shape index (κ3) is 6.98. The maximum Gasteiger partial charge on any atom is 0.416 e. The number of amides is 3. The van der Waals surface area contributed by atoms with Crippen LogP contribution in [0.25, 0.3) is 6.08 Å². The lowest BCUT2D eigenvalue weighted by Gasteiger charge is -2.13. The van der Waals surface area contributed by atoms with Gasteiger partial charge in [-0.1, -0.05) is 30.3 Å². The number of halogens is 4. The first kappa shape index (κ1) is 28.2. The fourth-order valence-corrected chi connectivity index (χ4v) is 5.07. The summed E-state index contributed by atoms with van der Waals surface area (Å²) in [6, 6.07) is 18.4. The van der Waals surface area contributed by atoms with Crippen LogP contribution < -0.4 is 10.1 Å². The zero-order valence-corrected chi connectivity index (χ0v) is 22.8. The zero-order valence-electron chi connectivity index (χ0n) is 19.8. The van der Waals surface area contributed by atoms with Crippen LogP contribution in [0.3, 0.4) is 0 Å². The lowest BCUT2D eigenvalue weighted by molar-refractivity contribution is -0.137. The second kappa shape index (κ2) is 11.9. The van der Waals surface area contributed by atoms with Crippen LogP contribution in [0.5, 0.6) is 5.75 Å².